The third-order valence-corrected chi connectivity index (χ3v) is 7.21. The molecule has 3 heterocycles. The first kappa shape index (κ1) is 26.7. The lowest BCUT2D eigenvalue weighted by Crippen LogP contribution is -2.38. The summed E-state index contributed by atoms with van der Waals surface area (Å²) in [4.78, 5) is 24.9. The van der Waals surface area contributed by atoms with E-state index in [1.807, 2.05) is 62.7 Å². The first-order valence-corrected chi connectivity index (χ1v) is 13.1. The number of anilines is 1. The zero-order valence-electron chi connectivity index (χ0n) is 22.8. The molecule has 2 aromatic carbocycles. The van der Waals surface area contributed by atoms with Crippen molar-refractivity contribution in [1.29, 1.82) is 0 Å². The van der Waals surface area contributed by atoms with E-state index < -0.39 is 12.0 Å². The van der Waals surface area contributed by atoms with Crippen molar-refractivity contribution < 1.29 is 13.6 Å². The van der Waals surface area contributed by atoms with Crippen LogP contribution in [0.2, 0.25) is 0 Å². The van der Waals surface area contributed by atoms with Crippen molar-refractivity contribution in [2.45, 2.75) is 52.7 Å². The van der Waals surface area contributed by atoms with E-state index in [2.05, 4.69) is 15.7 Å². The molecule has 0 radical (unpaired) electrons. The van der Waals surface area contributed by atoms with E-state index in [4.69, 9.17) is 9.97 Å². The normalized spacial score (nSPS) is 16.5. The number of halogens is 2. The predicted octanol–water partition coefficient (Wildman–Crippen LogP) is 4.73. The van der Waals surface area contributed by atoms with Crippen molar-refractivity contribution >= 4 is 22.5 Å². The summed E-state index contributed by atoms with van der Waals surface area (Å²) < 4.78 is 30.4. The van der Waals surface area contributed by atoms with Crippen LogP contribution in [0.25, 0.3) is 22.3 Å². The maximum absolute atomic E-state index is 14.2. The summed E-state index contributed by atoms with van der Waals surface area (Å²) in [6.07, 6.45) is 1.79. The average molecular weight is 534 g/mol. The molecular weight excluding hydrogens is 500 g/mol. The Labute approximate surface area is 226 Å². The lowest BCUT2D eigenvalue weighted by atomic mass is 10.1. The molecule has 0 spiro atoms. The number of fused-ring (bicyclic) bond motifs is 1. The number of hydrogen-bond acceptors (Lipinski definition) is 6. The first-order valence-electron chi connectivity index (χ1n) is 13.1. The highest BCUT2D eigenvalue weighted by Gasteiger charge is 2.44. The quantitative estimate of drug-likeness (QED) is 0.357. The number of nitrogens with zero attached hydrogens (tertiary/aromatic N) is 5. The van der Waals surface area contributed by atoms with Crippen LogP contribution in [-0.2, 0) is 13.1 Å². The Balaban J connectivity index is 1.53. The van der Waals surface area contributed by atoms with E-state index >= 15 is 0 Å². The van der Waals surface area contributed by atoms with Crippen LogP contribution >= 0.6 is 0 Å². The molecule has 8 nitrogen and oxygen atoms in total. The van der Waals surface area contributed by atoms with Gasteiger partial charge in [-0.3, -0.25) is 9.48 Å². The van der Waals surface area contributed by atoms with Crippen LogP contribution < -0.4 is 10.6 Å². The van der Waals surface area contributed by atoms with Crippen LogP contribution in [0.3, 0.4) is 0 Å². The van der Waals surface area contributed by atoms with Crippen molar-refractivity contribution in [1.82, 2.24) is 30.0 Å². The van der Waals surface area contributed by atoms with E-state index in [-0.39, 0.29) is 19.0 Å². The largest absolute Gasteiger partial charge is 0.375 e. The minimum absolute atomic E-state index is 0.170. The number of hydrogen-bond donors (Lipinski definition) is 2. The van der Waals surface area contributed by atoms with Crippen LogP contribution in [0.5, 0.6) is 0 Å². The monoisotopic (exact) mass is 533 g/mol. The number of nitrogens with one attached hydrogen (secondary N) is 2. The van der Waals surface area contributed by atoms with Crippen molar-refractivity contribution in [3.05, 3.63) is 70.7 Å². The molecule has 5 rings (SSSR count). The smallest absolute Gasteiger partial charge is 0.281 e. The molecule has 1 unspecified atom stereocenters. The highest BCUT2D eigenvalue weighted by atomic mass is 19.3. The van der Waals surface area contributed by atoms with Crippen LogP contribution in [0.15, 0.2) is 42.6 Å². The molecule has 204 valence electrons. The number of amides is 1. The van der Waals surface area contributed by atoms with E-state index in [0.29, 0.717) is 40.2 Å². The summed E-state index contributed by atoms with van der Waals surface area (Å²) in [5.74, 6) is -2.72. The first-order chi connectivity index (χ1) is 18.6. The van der Waals surface area contributed by atoms with E-state index in [9.17, 15) is 13.6 Å². The Morgan fingerprint density at radius 2 is 1.95 bits per heavy atom. The number of rotatable bonds is 7. The zero-order valence-corrected chi connectivity index (χ0v) is 22.8. The second-order valence-corrected chi connectivity index (χ2v) is 10.3. The SMILES string of the molecule is CCn1ncc(CN(C)C(=O)c2nc(-c3cc(C)cc(NC4CNCC4(F)F)c3)nc3ccc(C)cc23)c1C. The molecule has 0 saturated carbocycles. The molecule has 1 aliphatic rings. The molecule has 1 aliphatic heterocycles. The van der Waals surface area contributed by atoms with E-state index in [0.717, 1.165) is 28.9 Å². The Hall–Kier alpha value is -3.92. The maximum Gasteiger partial charge on any atom is 0.281 e. The van der Waals surface area contributed by atoms with Gasteiger partial charge in [0, 0.05) is 54.6 Å². The molecule has 1 atom stereocenters. The highest BCUT2D eigenvalue weighted by molar-refractivity contribution is 6.05. The Bertz CT molecular complexity index is 1550. The number of carbonyl (C=O) groups excluding carboxylic acids is 1. The van der Waals surface area contributed by atoms with Crippen LogP contribution in [-0.4, -0.2) is 62.7 Å². The van der Waals surface area contributed by atoms with Crippen molar-refractivity contribution in [2.24, 2.45) is 0 Å². The molecular formula is C29H33F2N7O. The standard InChI is InChI=1S/C29H33F2N7O/c1-6-38-19(4)21(13-33-38)15-37(5)28(39)26-23-11-17(2)7-8-24(23)35-27(36-26)20-9-18(3)10-22(12-20)34-25-14-32-16-29(25,30)31/h7-13,25,32,34H,6,14-16H2,1-5H3. The summed E-state index contributed by atoms with van der Waals surface area (Å²) >= 11 is 0. The maximum atomic E-state index is 14.2. The van der Waals surface area contributed by atoms with Gasteiger partial charge in [0.25, 0.3) is 11.8 Å². The molecule has 1 fully saturated rings. The van der Waals surface area contributed by atoms with Crippen LogP contribution in [0.1, 0.15) is 39.8 Å². The van der Waals surface area contributed by atoms with Crippen LogP contribution in [0.4, 0.5) is 14.5 Å². The number of benzene rings is 2. The molecule has 0 aliphatic carbocycles. The van der Waals surface area contributed by atoms with Gasteiger partial charge < -0.3 is 15.5 Å². The summed E-state index contributed by atoms with van der Waals surface area (Å²) in [5, 5.41) is 10.8. The predicted molar refractivity (Wildman–Crippen MR) is 148 cm³/mol. The molecule has 1 saturated heterocycles. The van der Waals surface area contributed by atoms with Gasteiger partial charge in [-0.15, -0.1) is 0 Å². The average Bonchev–Trinajstić information content (AvgIpc) is 3.42. The van der Waals surface area contributed by atoms with Gasteiger partial charge in [-0.05, 0) is 63.6 Å². The summed E-state index contributed by atoms with van der Waals surface area (Å²) in [6.45, 7) is 8.83. The Morgan fingerprint density at radius 3 is 2.64 bits per heavy atom. The van der Waals surface area contributed by atoms with Gasteiger partial charge in [0.2, 0.25) is 0 Å². The van der Waals surface area contributed by atoms with Gasteiger partial charge in [-0.2, -0.15) is 5.10 Å². The van der Waals surface area contributed by atoms with Gasteiger partial charge in [0.1, 0.15) is 11.7 Å². The second-order valence-electron chi connectivity index (χ2n) is 10.3. The third-order valence-electron chi connectivity index (χ3n) is 7.21. The molecule has 4 aromatic rings. The highest BCUT2D eigenvalue weighted by Crippen LogP contribution is 2.30. The number of alkyl halides is 2. The van der Waals surface area contributed by atoms with Gasteiger partial charge in [-0.1, -0.05) is 11.6 Å². The summed E-state index contributed by atoms with van der Waals surface area (Å²) in [5.41, 5.74) is 5.97. The molecule has 10 heteroatoms. The van der Waals surface area contributed by atoms with E-state index in [1.165, 1.54) is 0 Å². The lowest BCUT2D eigenvalue weighted by molar-refractivity contribution is 0.0139. The van der Waals surface area contributed by atoms with Gasteiger partial charge in [0.05, 0.1) is 18.3 Å². The van der Waals surface area contributed by atoms with Gasteiger partial charge in [0.15, 0.2) is 5.82 Å². The zero-order chi connectivity index (χ0) is 27.9. The third kappa shape index (κ3) is 5.34. The fourth-order valence-electron chi connectivity index (χ4n) is 5.01. The molecule has 39 heavy (non-hydrogen) atoms. The van der Waals surface area contributed by atoms with Gasteiger partial charge in [-0.25, -0.2) is 18.7 Å². The summed E-state index contributed by atoms with van der Waals surface area (Å²) in [7, 11) is 1.75. The number of aryl methyl sites for hydroxylation is 3. The topological polar surface area (TPSA) is 88.0 Å². The van der Waals surface area contributed by atoms with Gasteiger partial charge >= 0.3 is 0 Å². The number of carbonyl (C=O) groups is 1. The van der Waals surface area contributed by atoms with Crippen LogP contribution in [0, 0.1) is 20.8 Å². The van der Waals surface area contributed by atoms with E-state index in [1.54, 1.807) is 24.2 Å². The fourth-order valence-corrected chi connectivity index (χ4v) is 5.01. The number of aromatic nitrogens is 4. The van der Waals surface area contributed by atoms with Crippen molar-refractivity contribution in [3.8, 4) is 11.4 Å². The minimum atomic E-state index is -2.85. The fraction of sp³-hybridized carbons (Fsp3) is 0.379. The van der Waals surface area contributed by atoms with Crippen molar-refractivity contribution in [3.63, 3.8) is 0 Å². The molecule has 1 amide bonds. The summed E-state index contributed by atoms with van der Waals surface area (Å²) in [6, 6.07) is 10.2. The molecule has 2 N–H and O–H groups in total. The minimum Gasteiger partial charge on any atom is -0.375 e. The Kier molecular flexibility index (Phi) is 7.07. The molecule has 2 aromatic heterocycles. The molecule has 0 bridgehead atoms. The van der Waals surface area contributed by atoms with Crippen molar-refractivity contribution in [2.75, 3.05) is 25.5 Å². The lowest BCUT2D eigenvalue weighted by Gasteiger charge is -2.21. The second kappa shape index (κ2) is 10.3. The Morgan fingerprint density at radius 1 is 1.15 bits per heavy atom.